The normalized spacial score (nSPS) is 12.8. The molecule has 166 valence electrons. The highest BCUT2D eigenvalue weighted by Gasteiger charge is 2.19. The number of nitrogens with one attached hydrogen (secondary N) is 4. The highest BCUT2D eigenvalue weighted by Crippen LogP contribution is 2.28. The van der Waals surface area contributed by atoms with Crippen molar-refractivity contribution < 1.29 is 38.3 Å². The molecule has 0 spiro atoms. The van der Waals surface area contributed by atoms with Gasteiger partial charge in [0, 0.05) is 0 Å². The summed E-state index contributed by atoms with van der Waals surface area (Å²) in [4.78, 5) is 68.3. The third kappa shape index (κ3) is 10.0. The van der Waals surface area contributed by atoms with Crippen LogP contribution >= 0.6 is 7.60 Å². The molecule has 13 heteroatoms. The minimum absolute atomic E-state index is 0.0312. The van der Waals surface area contributed by atoms with Crippen LogP contribution in [-0.4, -0.2) is 48.7 Å². The Morgan fingerprint density at radius 1 is 0.967 bits per heavy atom. The molecule has 2 atom stereocenters. The molecule has 1 aromatic rings. The van der Waals surface area contributed by atoms with Gasteiger partial charge in [0.25, 0.3) is 0 Å². The van der Waals surface area contributed by atoms with Gasteiger partial charge in [-0.1, -0.05) is 30.3 Å². The molecule has 12 nitrogen and oxygen atoms in total. The zero-order valence-electron chi connectivity index (χ0n) is 16.4. The molecule has 0 radical (unpaired) electrons. The minimum Gasteiger partial charge on any atom is -0.809 e. The Labute approximate surface area is 172 Å². The number of ether oxygens (including phenoxy) is 1. The fourth-order valence-electron chi connectivity index (χ4n) is 1.94. The SMILES string of the molecule is C[C@H](NC(=O)CNC(=O)CNC(=O)OCc1ccccc1)C(=O)N[C@@H](C)P(=O)([O-])[O-]. The van der Waals surface area contributed by atoms with Crippen LogP contribution in [0, 0.1) is 0 Å². The summed E-state index contributed by atoms with van der Waals surface area (Å²) >= 11 is 0. The zero-order valence-corrected chi connectivity index (χ0v) is 17.3. The molecule has 4 N–H and O–H groups in total. The van der Waals surface area contributed by atoms with Crippen LogP contribution in [0.15, 0.2) is 30.3 Å². The van der Waals surface area contributed by atoms with Gasteiger partial charge >= 0.3 is 6.09 Å². The lowest BCUT2D eigenvalue weighted by Crippen LogP contribution is -2.51. The number of hydrogen-bond donors (Lipinski definition) is 4. The number of hydrogen-bond acceptors (Lipinski definition) is 8. The molecule has 0 unspecified atom stereocenters. The molecule has 0 aliphatic rings. The fraction of sp³-hybridized carbons (Fsp3) is 0.412. The summed E-state index contributed by atoms with van der Waals surface area (Å²) in [7, 11) is -5.00. The molecule has 1 rings (SSSR count). The van der Waals surface area contributed by atoms with Crippen molar-refractivity contribution in [2.75, 3.05) is 13.1 Å². The molecule has 4 amide bonds. The lowest BCUT2D eigenvalue weighted by Gasteiger charge is -2.36. The molecule has 0 aliphatic heterocycles. The Kier molecular flexibility index (Phi) is 9.96. The number of carbonyl (C=O) groups is 4. The van der Waals surface area contributed by atoms with E-state index in [4.69, 9.17) is 4.74 Å². The second-order valence-corrected chi connectivity index (χ2v) is 8.06. The Morgan fingerprint density at radius 3 is 2.17 bits per heavy atom. The first-order valence-corrected chi connectivity index (χ1v) is 10.4. The van der Waals surface area contributed by atoms with Crippen molar-refractivity contribution in [3.05, 3.63) is 35.9 Å². The molecule has 0 fully saturated rings. The van der Waals surface area contributed by atoms with Crippen molar-refractivity contribution in [2.24, 2.45) is 0 Å². The van der Waals surface area contributed by atoms with E-state index >= 15 is 0 Å². The maximum Gasteiger partial charge on any atom is 0.407 e. The van der Waals surface area contributed by atoms with Crippen molar-refractivity contribution in [3.8, 4) is 0 Å². The standard InChI is InChI=1S/C17H25N4O8P/c1-11(16(24)21-12(2)30(26,27)28)20-15(23)9-18-14(22)8-19-17(25)29-10-13-6-4-3-5-7-13/h3-7,11-12H,8-10H2,1-2H3,(H,18,22)(H,19,25)(H,20,23)(H,21,24)(H2,26,27,28)/p-2/t11-,12+/m0/s1. The van der Waals surface area contributed by atoms with Crippen molar-refractivity contribution in [2.45, 2.75) is 32.3 Å². The van der Waals surface area contributed by atoms with Gasteiger partial charge in [-0.2, -0.15) is 0 Å². The van der Waals surface area contributed by atoms with E-state index in [2.05, 4.69) is 16.0 Å². The average molecular weight is 442 g/mol. The third-order valence-corrected chi connectivity index (χ3v) is 4.73. The molecule has 30 heavy (non-hydrogen) atoms. The van der Waals surface area contributed by atoms with Gasteiger partial charge in [0.1, 0.15) is 19.2 Å². The Hall–Kier alpha value is -2.95. The number of alkyl carbamates (subject to hydrolysis) is 1. The Morgan fingerprint density at radius 2 is 1.57 bits per heavy atom. The van der Waals surface area contributed by atoms with Crippen molar-refractivity contribution >= 4 is 31.4 Å². The molecule has 0 heterocycles. The summed E-state index contributed by atoms with van der Waals surface area (Å²) in [5, 5.41) is 8.62. The first kappa shape index (κ1) is 25.1. The average Bonchev–Trinajstić information content (AvgIpc) is 2.69. The van der Waals surface area contributed by atoms with Crippen LogP contribution in [0.5, 0.6) is 0 Å². The van der Waals surface area contributed by atoms with Gasteiger partial charge in [-0.25, -0.2) is 4.79 Å². The van der Waals surface area contributed by atoms with E-state index in [0.29, 0.717) is 0 Å². The smallest absolute Gasteiger partial charge is 0.407 e. The summed E-state index contributed by atoms with van der Waals surface area (Å²) in [6.07, 6.45) is -0.813. The zero-order chi connectivity index (χ0) is 22.7. The maximum atomic E-state index is 11.7. The van der Waals surface area contributed by atoms with Crippen LogP contribution in [-0.2, 0) is 30.3 Å². The van der Waals surface area contributed by atoms with E-state index in [1.165, 1.54) is 6.92 Å². The molecular weight excluding hydrogens is 419 g/mol. The fourth-order valence-corrected chi connectivity index (χ4v) is 2.22. The van der Waals surface area contributed by atoms with Gasteiger partial charge in [0.05, 0.1) is 12.3 Å². The Balaban J connectivity index is 2.25. The lowest BCUT2D eigenvalue weighted by atomic mass is 10.2. The van der Waals surface area contributed by atoms with Crippen molar-refractivity contribution in [1.29, 1.82) is 0 Å². The minimum atomic E-state index is -5.00. The van der Waals surface area contributed by atoms with E-state index in [0.717, 1.165) is 12.5 Å². The van der Waals surface area contributed by atoms with E-state index < -0.39 is 56.3 Å². The maximum absolute atomic E-state index is 11.7. The molecule has 0 saturated carbocycles. The number of carbonyl (C=O) groups excluding carboxylic acids is 4. The van der Waals surface area contributed by atoms with Gasteiger partial charge < -0.3 is 40.4 Å². The number of amides is 4. The lowest BCUT2D eigenvalue weighted by molar-refractivity contribution is -0.316. The van der Waals surface area contributed by atoms with Gasteiger partial charge in [0.2, 0.25) is 17.7 Å². The molecule has 0 saturated heterocycles. The van der Waals surface area contributed by atoms with Gasteiger partial charge in [-0.05, 0) is 27.0 Å². The number of rotatable bonds is 10. The summed E-state index contributed by atoms with van der Waals surface area (Å²) in [6, 6.07) is 7.77. The van der Waals surface area contributed by atoms with Crippen LogP contribution in [0.2, 0.25) is 0 Å². The predicted octanol–water partition coefficient (Wildman–Crippen LogP) is -2.09. The van der Waals surface area contributed by atoms with E-state index in [1.54, 1.807) is 24.3 Å². The summed E-state index contributed by atoms with van der Waals surface area (Å²) in [5.41, 5.74) is 0.773. The molecular formula is C17H23N4O8P-2. The second-order valence-electron chi connectivity index (χ2n) is 6.21. The van der Waals surface area contributed by atoms with Crippen LogP contribution in [0.1, 0.15) is 19.4 Å². The van der Waals surface area contributed by atoms with Crippen molar-refractivity contribution in [3.63, 3.8) is 0 Å². The quantitative estimate of drug-likeness (QED) is 0.297. The largest absolute Gasteiger partial charge is 0.809 e. The van der Waals surface area contributed by atoms with E-state index in [-0.39, 0.29) is 6.61 Å². The molecule has 1 aromatic carbocycles. The predicted molar refractivity (Wildman–Crippen MR) is 100 cm³/mol. The summed E-state index contributed by atoms with van der Waals surface area (Å²) in [5.74, 6) is -3.92. The monoisotopic (exact) mass is 442 g/mol. The second kappa shape index (κ2) is 11.9. The first-order chi connectivity index (χ1) is 14.0. The van der Waals surface area contributed by atoms with Gasteiger partial charge in [-0.3, -0.25) is 14.4 Å². The summed E-state index contributed by atoms with van der Waals surface area (Å²) < 4.78 is 15.7. The van der Waals surface area contributed by atoms with E-state index in [1.807, 2.05) is 11.4 Å². The molecule has 0 bridgehead atoms. The van der Waals surface area contributed by atoms with Crippen LogP contribution in [0.3, 0.4) is 0 Å². The van der Waals surface area contributed by atoms with Crippen LogP contribution < -0.4 is 31.1 Å². The highest BCUT2D eigenvalue weighted by atomic mass is 31.2. The van der Waals surface area contributed by atoms with E-state index in [9.17, 15) is 33.5 Å². The van der Waals surface area contributed by atoms with Gasteiger partial charge in [-0.15, -0.1) is 0 Å². The third-order valence-electron chi connectivity index (χ3n) is 3.65. The number of benzene rings is 1. The Bertz CT molecular complexity index is 798. The molecule has 0 aliphatic carbocycles. The van der Waals surface area contributed by atoms with Gasteiger partial charge in [0.15, 0.2) is 0 Å². The van der Waals surface area contributed by atoms with Crippen molar-refractivity contribution in [1.82, 2.24) is 21.3 Å². The first-order valence-electron chi connectivity index (χ1n) is 8.81. The molecule has 0 aromatic heterocycles. The van der Waals surface area contributed by atoms with Crippen LogP contribution in [0.25, 0.3) is 0 Å². The van der Waals surface area contributed by atoms with Crippen LogP contribution in [0.4, 0.5) is 4.79 Å². The summed E-state index contributed by atoms with van der Waals surface area (Å²) in [6.45, 7) is 1.38. The topological polar surface area (TPSA) is 189 Å². The highest BCUT2D eigenvalue weighted by molar-refractivity contribution is 7.49.